The summed E-state index contributed by atoms with van der Waals surface area (Å²) in [7, 11) is 0. The van der Waals surface area contributed by atoms with Gasteiger partial charge in [-0.1, -0.05) is 6.92 Å². The Balaban J connectivity index is 1.35. The van der Waals surface area contributed by atoms with E-state index in [0.717, 1.165) is 51.1 Å². The number of rotatable bonds is 5. The topological polar surface area (TPSA) is 61.9 Å². The lowest BCUT2D eigenvalue weighted by Gasteiger charge is -2.38. The molecule has 2 amide bonds. The number of amides is 2. The number of likely N-dealkylation sites (tertiary alicyclic amines) is 1. The molecule has 1 aliphatic carbocycles. The first-order chi connectivity index (χ1) is 13.9. The zero-order valence-corrected chi connectivity index (χ0v) is 17.8. The third-order valence-electron chi connectivity index (χ3n) is 6.45. The van der Waals surface area contributed by atoms with Gasteiger partial charge < -0.3 is 15.0 Å². The SMILES string of the molecule is CC1CN(CC2CCCN2C(=O)c2ccc(NC(=O)C3CC3C)cc2)CC(C)O1. The molecule has 2 heterocycles. The largest absolute Gasteiger partial charge is 0.373 e. The Morgan fingerprint density at radius 2 is 1.76 bits per heavy atom. The van der Waals surface area contributed by atoms with Gasteiger partial charge in [0.15, 0.2) is 0 Å². The molecule has 1 aromatic carbocycles. The van der Waals surface area contributed by atoms with Crippen LogP contribution in [0.15, 0.2) is 24.3 Å². The van der Waals surface area contributed by atoms with Crippen molar-refractivity contribution in [3.05, 3.63) is 29.8 Å². The van der Waals surface area contributed by atoms with E-state index in [1.165, 1.54) is 0 Å². The van der Waals surface area contributed by atoms with Gasteiger partial charge in [-0.05, 0) is 63.3 Å². The van der Waals surface area contributed by atoms with Crippen LogP contribution < -0.4 is 5.32 Å². The zero-order valence-electron chi connectivity index (χ0n) is 17.8. The van der Waals surface area contributed by atoms with Crippen molar-refractivity contribution in [2.75, 3.05) is 31.5 Å². The number of nitrogens with one attached hydrogen (secondary N) is 1. The first-order valence-electron chi connectivity index (χ1n) is 11.0. The fraction of sp³-hybridized carbons (Fsp3) is 0.652. The van der Waals surface area contributed by atoms with Gasteiger partial charge in [0.1, 0.15) is 0 Å². The van der Waals surface area contributed by atoms with Crippen molar-refractivity contribution in [3.63, 3.8) is 0 Å². The smallest absolute Gasteiger partial charge is 0.254 e. The monoisotopic (exact) mass is 399 g/mol. The van der Waals surface area contributed by atoms with Gasteiger partial charge in [0.05, 0.1) is 12.2 Å². The van der Waals surface area contributed by atoms with Crippen LogP contribution in [0.2, 0.25) is 0 Å². The molecule has 29 heavy (non-hydrogen) atoms. The van der Waals surface area contributed by atoms with Crippen LogP contribution in [0.25, 0.3) is 0 Å². The molecule has 0 radical (unpaired) electrons. The van der Waals surface area contributed by atoms with E-state index in [0.29, 0.717) is 11.5 Å². The van der Waals surface area contributed by atoms with Gasteiger partial charge in [0, 0.05) is 49.4 Å². The highest BCUT2D eigenvalue weighted by molar-refractivity contribution is 5.97. The average molecular weight is 400 g/mol. The molecule has 6 heteroatoms. The highest BCUT2D eigenvalue weighted by Crippen LogP contribution is 2.38. The number of carbonyl (C=O) groups is 2. The summed E-state index contributed by atoms with van der Waals surface area (Å²) in [5, 5.41) is 2.96. The Kier molecular flexibility index (Phi) is 5.93. The van der Waals surface area contributed by atoms with E-state index in [1.807, 2.05) is 29.2 Å². The van der Waals surface area contributed by atoms with Gasteiger partial charge in [-0.15, -0.1) is 0 Å². The lowest BCUT2D eigenvalue weighted by molar-refractivity contribution is -0.117. The third-order valence-corrected chi connectivity index (χ3v) is 6.45. The van der Waals surface area contributed by atoms with E-state index in [-0.39, 0.29) is 36.0 Å². The second kappa shape index (κ2) is 8.44. The first kappa shape index (κ1) is 20.4. The summed E-state index contributed by atoms with van der Waals surface area (Å²) in [5.74, 6) is 0.813. The normalized spacial score (nSPS) is 32.2. The Morgan fingerprint density at radius 3 is 2.38 bits per heavy atom. The summed E-state index contributed by atoms with van der Waals surface area (Å²) in [5.41, 5.74) is 1.46. The highest BCUT2D eigenvalue weighted by atomic mass is 16.5. The molecule has 2 aliphatic heterocycles. The van der Waals surface area contributed by atoms with Crippen molar-refractivity contribution < 1.29 is 14.3 Å². The lowest BCUT2D eigenvalue weighted by atomic mass is 10.1. The number of anilines is 1. The van der Waals surface area contributed by atoms with E-state index in [1.54, 1.807) is 0 Å². The number of ether oxygens (including phenoxy) is 1. The summed E-state index contributed by atoms with van der Waals surface area (Å²) in [6.07, 6.45) is 3.56. The van der Waals surface area contributed by atoms with Crippen LogP contribution in [0.3, 0.4) is 0 Å². The molecule has 0 aromatic heterocycles. The molecule has 4 rings (SSSR count). The van der Waals surface area contributed by atoms with Crippen LogP contribution in [-0.4, -0.2) is 66.0 Å². The highest BCUT2D eigenvalue weighted by Gasteiger charge is 2.39. The van der Waals surface area contributed by atoms with Gasteiger partial charge in [0.2, 0.25) is 5.91 Å². The number of hydrogen-bond donors (Lipinski definition) is 1. The minimum absolute atomic E-state index is 0.0881. The minimum atomic E-state index is 0.0881. The summed E-state index contributed by atoms with van der Waals surface area (Å²) in [6, 6.07) is 7.62. The molecule has 0 spiro atoms. The van der Waals surface area contributed by atoms with Gasteiger partial charge in [0.25, 0.3) is 5.91 Å². The fourth-order valence-electron chi connectivity index (χ4n) is 4.81. The average Bonchev–Trinajstić information content (AvgIpc) is 3.23. The second-order valence-electron chi connectivity index (χ2n) is 9.16. The Morgan fingerprint density at radius 1 is 1.10 bits per heavy atom. The van der Waals surface area contributed by atoms with Crippen molar-refractivity contribution in [1.29, 1.82) is 0 Å². The molecule has 2 saturated heterocycles. The van der Waals surface area contributed by atoms with Gasteiger partial charge in [-0.2, -0.15) is 0 Å². The molecular weight excluding hydrogens is 366 g/mol. The fourth-order valence-corrected chi connectivity index (χ4v) is 4.81. The molecule has 1 saturated carbocycles. The maximum absolute atomic E-state index is 13.1. The van der Waals surface area contributed by atoms with E-state index < -0.39 is 0 Å². The standard InChI is InChI=1S/C23H33N3O3/c1-15-11-21(15)22(27)24-19-8-6-18(7-9-19)23(28)26-10-4-5-20(26)14-25-12-16(2)29-17(3)13-25/h6-9,15-17,20-21H,4-5,10-14H2,1-3H3,(H,24,27). The third kappa shape index (κ3) is 4.81. The number of carbonyl (C=O) groups excluding carboxylic acids is 2. The Labute approximate surface area is 173 Å². The van der Waals surface area contributed by atoms with Crippen LogP contribution in [0.5, 0.6) is 0 Å². The predicted molar refractivity (Wildman–Crippen MR) is 113 cm³/mol. The quantitative estimate of drug-likeness (QED) is 0.827. The van der Waals surface area contributed by atoms with E-state index in [4.69, 9.17) is 4.74 Å². The van der Waals surface area contributed by atoms with Crippen LogP contribution >= 0.6 is 0 Å². The van der Waals surface area contributed by atoms with Crippen molar-refractivity contribution in [2.24, 2.45) is 11.8 Å². The van der Waals surface area contributed by atoms with Gasteiger partial charge >= 0.3 is 0 Å². The van der Waals surface area contributed by atoms with Crippen molar-refractivity contribution in [2.45, 2.75) is 58.3 Å². The van der Waals surface area contributed by atoms with E-state index in [9.17, 15) is 9.59 Å². The lowest BCUT2D eigenvalue weighted by Crippen LogP contribution is -2.50. The van der Waals surface area contributed by atoms with Crippen LogP contribution in [0.1, 0.15) is 50.4 Å². The molecule has 3 fully saturated rings. The summed E-state index contributed by atoms with van der Waals surface area (Å²) in [6.45, 7) is 9.91. The minimum Gasteiger partial charge on any atom is -0.373 e. The van der Waals surface area contributed by atoms with Crippen LogP contribution in [0, 0.1) is 11.8 Å². The predicted octanol–water partition coefficient (Wildman–Crippen LogP) is 2.99. The molecule has 3 aliphatic rings. The summed E-state index contributed by atoms with van der Waals surface area (Å²) < 4.78 is 5.84. The first-order valence-corrected chi connectivity index (χ1v) is 11.0. The van der Waals surface area contributed by atoms with Crippen molar-refractivity contribution in [1.82, 2.24) is 9.80 Å². The number of nitrogens with zero attached hydrogens (tertiary/aromatic N) is 2. The van der Waals surface area contributed by atoms with Crippen molar-refractivity contribution >= 4 is 17.5 Å². The Bertz CT molecular complexity index is 740. The zero-order chi connectivity index (χ0) is 20.5. The molecule has 6 nitrogen and oxygen atoms in total. The Hall–Kier alpha value is -1.92. The molecule has 5 unspecified atom stereocenters. The van der Waals surface area contributed by atoms with E-state index in [2.05, 4.69) is 31.0 Å². The van der Waals surface area contributed by atoms with Crippen molar-refractivity contribution in [3.8, 4) is 0 Å². The summed E-state index contributed by atoms with van der Waals surface area (Å²) in [4.78, 5) is 29.7. The molecule has 1 aromatic rings. The summed E-state index contributed by atoms with van der Waals surface area (Å²) >= 11 is 0. The van der Waals surface area contributed by atoms with Crippen LogP contribution in [-0.2, 0) is 9.53 Å². The van der Waals surface area contributed by atoms with Gasteiger partial charge in [-0.3, -0.25) is 14.5 Å². The second-order valence-corrected chi connectivity index (χ2v) is 9.16. The molecular formula is C23H33N3O3. The maximum Gasteiger partial charge on any atom is 0.254 e. The molecule has 1 N–H and O–H groups in total. The number of benzene rings is 1. The van der Waals surface area contributed by atoms with Crippen LogP contribution in [0.4, 0.5) is 5.69 Å². The number of morpholine rings is 1. The molecule has 158 valence electrons. The molecule has 5 atom stereocenters. The molecule has 0 bridgehead atoms. The van der Waals surface area contributed by atoms with E-state index >= 15 is 0 Å². The van der Waals surface area contributed by atoms with Gasteiger partial charge in [-0.25, -0.2) is 0 Å². The maximum atomic E-state index is 13.1. The number of hydrogen-bond acceptors (Lipinski definition) is 4.